The van der Waals surface area contributed by atoms with Gasteiger partial charge in [-0.25, -0.2) is 9.78 Å². The Hall–Kier alpha value is -3.45. The van der Waals surface area contributed by atoms with E-state index in [4.69, 9.17) is 0 Å². The number of pyridine rings is 1. The number of thiazole rings is 1. The summed E-state index contributed by atoms with van der Waals surface area (Å²) in [6, 6.07) is 18.5. The number of nitrogens with zero attached hydrogens (tertiary/aromatic N) is 2. The largest absolute Gasteiger partial charge is 0.477 e. The van der Waals surface area contributed by atoms with Gasteiger partial charge in [-0.3, -0.25) is 4.79 Å². The van der Waals surface area contributed by atoms with Crippen LogP contribution in [0.25, 0.3) is 21.5 Å². The highest BCUT2D eigenvalue weighted by Gasteiger charge is 2.24. The Bertz CT molecular complexity index is 1310. The van der Waals surface area contributed by atoms with Gasteiger partial charge in [-0.05, 0) is 29.5 Å². The number of rotatable bonds is 6. The second-order valence-electron chi connectivity index (χ2n) is 7.42. The molecule has 2 aromatic heterocycles. The first-order chi connectivity index (χ1) is 14.6. The van der Waals surface area contributed by atoms with E-state index in [9.17, 15) is 14.7 Å². The number of carboxylic acid groups (broad SMARTS) is 1. The van der Waals surface area contributed by atoms with Gasteiger partial charge in [-0.2, -0.15) is 0 Å². The van der Waals surface area contributed by atoms with E-state index in [0.717, 1.165) is 29.5 Å². The molecule has 4 aromatic rings. The zero-order valence-corrected chi connectivity index (χ0v) is 16.9. The number of benzene rings is 2. The zero-order valence-electron chi connectivity index (χ0n) is 16.0. The van der Waals surface area contributed by atoms with Crippen LogP contribution in [0.3, 0.4) is 0 Å². The topological polar surface area (TPSA) is 84.2 Å². The van der Waals surface area contributed by atoms with E-state index < -0.39 is 11.4 Å². The van der Waals surface area contributed by atoms with Crippen molar-refractivity contribution in [2.75, 3.05) is 5.32 Å². The van der Waals surface area contributed by atoms with Crippen LogP contribution in [0, 0.1) is 0 Å². The van der Waals surface area contributed by atoms with Gasteiger partial charge in [0.05, 0.1) is 0 Å². The highest BCUT2D eigenvalue weighted by molar-refractivity contribution is 7.21. The summed E-state index contributed by atoms with van der Waals surface area (Å²) in [6.45, 7) is 0.438. The van der Waals surface area contributed by atoms with Crippen molar-refractivity contribution in [3.63, 3.8) is 0 Å². The predicted octanol–water partition coefficient (Wildman–Crippen LogP) is 4.45. The smallest absolute Gasteiger partial charge is 0.341 e. The van der Waals surface area contributed by atoms with Gasteiger partial charge < -0.3 is 15.0 Å². The average molecular weight is 417 g/mol. The number of aromatic carboxylic acids is 1. The van der Waals surface area contributed by atoms with Crippen LogP contribution < -0.4 is 10.7 Å². The Morgan fingerprint density at radius 3 is 2.60 bits per heavy atom. The molecule has 2 N–H and O–H groups in total. The van der Waals surface area contributed by atoms with Crippen molar-refractivity contribution in [1.82, 2.24) is 9.55 Å². The van der Waals surface area contributed by atoms with E-state index in [-0.39, 0.29) is 11.1 Å². The summed E-state index contributed by atoms with van der Waals surface area (Å²) in [4.78, 5) is 29.5. The quantitative estimate of drug-likeness (QED) is 0.484. The Morgan fingerprint density at radius 2 is 1.87 bits per heavy atom. The van der Waals surface area contributed by atoms with Gasteiger partial charge >= 0.3 is 5.97 Å². The monoisotopic (exact) mass is 417 g/mol. The summed E-state index contributed by atoms with van der Waals surface area (Å²) in [6.07, 6.45) is 3.61. The number of hydrogen-bond donors (Lipinski definition) is 2. The maximum Gasteiger partial charge on any atom is 0.341 e. The lowest BCUT2D eigenvalue weighted by Gasteiger charge is -2.13. The summed E-state index contributed by atoms with van der Waals surface area (Å²) in [5.41, 5.74) is 2.61. The number of anilines is 1. The van der Waals surface area contributed by atoms with E-state index in [1.54, 1.807) is 0 Å². The minimum absolute atomic E-state index is 0.209. The lowest BCUT2D eigenvalue weighted by molar-refractivity contribution is 0.0695. The number of hydrogen-bond acceptors (Lipinski definition) is 5. The molecule has 2 heterocycles. The van der Waals surface area contributed by atoms with Crippen molar-refractivity contribution < 1.29 is 9.90 Å². The molecule has 150 valence electrons. The Balaban J connectivity index is 1.64. The van der Waals surface area contributed by atoms with E-state index in [1.807, 2.05) is 53.1 Å². The third kappa shape index (κ3) is 3.48. The summed E-state index contributed by atoms with van der Waals surface area (Å²) < 4.78 is 1.83. The molecule has 0 spiro atoms. The normalized spacial score (nSPS) is 13.5. The Morgan fingerprint density at radius 1 is 1.13 bits per heavy atom. The summed E-state index contributed by atoms with van der Waals surface area (Å²) in [5, 5.41) is 13.5. The van der Waals surface area contributed by atoms with Crippen molar-refractivity contribution in [3.8, 4) is 11.1 Å². The van der Waals surface area contributed by atoms with Crippen LogP contribution in [-0.4, -0.2) is 26.7 Å². The molecule has 0 amide bonds. The second kappa shape index (κ2) is 7.42. The molecule has 30 heavy (non-hydrogen) atoms. The summed E-state index contributed by atoms with van der Waals surface area (Å²) >= 11 is 1.40. The molecule has 0 saturated heterocycles. The molecule has 1 saturated carbocycles. The summed E-state index contributed by atoms with van der Waals surface area (Å²) in [5.74, 6) is -1.24. The first-order valence-electron chi connectivity index (χ1n) is 9.77. The lowest BCUT2D eigenvalue weighted by atomic mass is 9.99. The molecule has 0 atom stereocenters. The van der Waals surface area contributed by atoms with Crippen LogP contribution in [-0.2, 0) is 6.54 Å². The third-order valence-corrected chi connectivity index (χ3v) is 6.22. The van der Waals surface area contributed by atoms with Crippen LogP contribution in [0.15, 0.2) is 65.6 Å². The van der Waals surface area contributed by atoms with Gasteiger partial charge in [0.1, 0.15) is 15.9 Å². The van der Waals surface area contributed by atoms with Crippen molar-refractivity contribution in [3.05, 3.63) is 82.1 Å². The average Bonchev–Trinajstić information content (AvgIpc) is 3.46. The number of nitrogens with one attached hydrogen (secondary N) is 1. The zero-order chi connectivity index (χ0) is 20.7. The molecule has 1 aliphatic carbocycles. The third-order valence-electron chi connectivity index (χ3n) is 5.19. The van der Waals surface area contributed by atoms with Gasteiger partial charge in [-0.15, -0.1) is 0 Å². The fourth-order valence-electron chi connectivity index (χ4n) is 3.53. The van der Waals surface area contributed by atoms with Crippen molar-refractivity contribution >= 4 is 32.8 Å². The Labute approximate surface area is 176 Å². The lowest BCUT2D eigenvalue weighted by Crippen LogP contribution is -2.19. The first-order valence-corrected chi connectivity index (χ1v) is 10.6. The van der Waals surface area contributed by atoms with Crippen LogP contribution >= 0.6 is 11.3 Å². The van der Waals surface area contributed by atoms with Gasteiger partial charge in [0, 0.05) is 18.8 Å². The molecular weight excluding hydrogens is 398 g/mol. The molecule has 5 rings (SSSR count). The van der Waals surface area contributed by atoms with E-state index in [0.29, 0.717) is 22.5 Å². The van der Waals surface area contributed by atoms with Crippen molar-refractivity contribution in [1.29, 1.82) is 0 Å². The number of carbonyl (C=O) groups is 1. The highest BCUT2D eigenvalue weighted by atomic mass is 32.1. The highest BCUT2D eigenvalue weighted by Crippen LogP contribution is 2.31. The van der Waals surface area contributed by atoms with Crippen LogP contribution in [0.5, 0.6) is 0 Å². The molecule has 0 unspecified atom stereocenters. The molecule has 1 fully saturated rings. The SMILES string of the molecule is O=C(O)c1cn(Cc2ccccc2-c2ccccc2)c2sc(NC3CC3)nc2c1=O. The molecule has 0 aliphatic heterocycles. The Kier molecular flexibility index (Phi) is 4.59. The number of aromatic nitrogens is 2. The minimum Gasteiger partial charge on any atom is -0.477 e. The van der Waals surface area contributed by atoms with Crippen LogP contribution in [0.1, 0.15) is 28.8 Å². The van der Waals surface area contributed by atoms with Gasteiger partial charge in [-0.1, -0.05) is 65.9 Å². The van der Waals surface area contributed by atoms with Gasteiger partial charge in [0.2, 0.25) is 5.43 Å². The van der Waals surface area contributed by atoms with Crippen LogP contribution in [0.2, 0.25) is 0 Å². The first kappa shape index (κ1) is 18.6. The van der Waals surface area contributed by atoms with Gasteiger partial charge in [0.15, 0.2) is 5.13 Å². The van der Waals surface area contributed by atoms with E-state index in [2.05, 4.69) is 16.4 Å². The van der Waals surface area contributed by atoms with E-state index in [1.165, 1.54) is 17.5 Å². The van der Waals surface area contributed by atoms with Crippen molar-refractivity contribution in [2.45, 2.75) is 25.4 Å². The van der Waals surface area contributed by atoms with E-state index >= 15 is 0 Å². The maximum absolute atomic E-state index is 12.7. The van der Waals surface area contributed by atoms with Crippen LogP contribution in [0.4, 0.5) is 5.13 Å². The van der Waals surface area contributed by atoms with Crippen molar-refractivity contribution in [2.24, 2.45) is 0 Å². The molecular formula is C23H19N3O3S. The maximum atomic E-state index is 12.7. The molecule has 1 aliphatic rings. The molecule has 2 aromatic carbocycles. The standard InChI is InChI=1S/C23H19N3O3S/c27-20-18(22(28)29)13-26(21-19(20)25-23(30-21)24-16-10-11-16)12-15-8-4-5-9-17(15)14-6-2-1-3-7-14/h1-9,13,16H,10-12H2,(H,24,25)(H,28,29). The fourth-order valence-corrected chi connectivity index (χ4v) is 4.55. The molecule has 7 heteroatoms. The minimum atomic E-state index is -1.24. The molecule has 6 nitrogen and oxygen atoms in total. The number of carboxylic acids is 1. The van der Waals surface area contributed by atoms with Gasteiger partial charge in [0.25, 0.3) is 0 Å². The molecule has 0 radical (unpaired) electrons. The predicted molar refractivity (Wildman–Crippen MR) is 118 cm³/mol. The molecule has 0 bridgehead atoms. The second-order valence-corrected chi connectivity index (χ2v) is 8.40. The summed E-state index contributed by atoms with van der Waals surface area (Å²) in [7, 11) is 0. The number of fused-ring (bicyclic) bond motifs is 1. The fraction of sp³-hybridized carbons (Fsp3) is 0.174.